The Kier molecular flexibility index (Phi) is 5.77. The van der Waals surface area contributed by atoms with E-state index in [0.29, 0.717) is 31.1 Å². The summed E-state index contributed by atoms with van der Waals surface area (Å²) in [7, 11) is -3.47. The lowest BCUT2D eigenvalue weighted by Gasteiger charge is -2.36. The molecule has 0 aliphatic carbocycles. The van der Waals surface area contributed by atoms with Crippen LogP contribution in [0.15, 0.2) is 47.4 Å². The van der Waals surface area contributed by atoms with Gasteiger partial charge in [-0.1, -0.05) is 29.8 Å². The van der Waals surface area contributed by atoms with Crippen molar-refractivity contribution in [3.63, 3.8) is 0 Å². The van der Waals surface area contributed by atoms with Gasteiger partial charge >= 0.3 is 0 Å². The third-order valence-electron chi connectivity index (χ3n) is 4.76. The minimum Gasteiger partial charge on any atom is -0.489 e. The van der Waals surface area contributed by atoms with Crippen molar-refractivity contribution in [3.05, 3.63) is 53.6 Å². The summed E-state index contributed by atoms with van der Waals surface area (Å²) in [6.45, 7) is 10.0. The van der Waals surface area contributed by atoms with E-state index in [-0.39, 0.29) is 6.10 Å². The molecule has 0 amide bonds. The molecular weight excluding hydrogens is 360 g/mol. The molecule has 5 nitrogen and oxygen atoms in total. The van der Waals surface area contributed by atoms with Crippen molar-refractivity contribution in [3.8, 4) is 5.75 Å². The number of anilines is 1. The number of ether oxygens (including phenoxy) is 1. The largest absolute Gasteiger partial charge is 0.489 e. The number of hydrogen-bond acceptors (Lipinski definition) is 4. The van der Waals surface area contributed by atoms with E-state index in [9.17, 15) is 8.42 Å². The Bertz CT molecular complexity index is 901. The third kappa shape index (κ3) is 4.28. The molecule has 0 N–H and O–H groups in total. The maximum absolute atomic E-state index is 13.1. The molecule has 1 aliphatic rings. The Morgan fingerprint density at radius 1 is 0.963 bits per heavy atom. The summed E-state index contributed by atoms with van der Waals surface area (Å²) in [5, 5.41) is 0. The van der Waals surface area contributed by atoms with E-state index in [2.05, 4.69) is 4.90 Å². The van der Waals surface area contributed by atoms with Crippen molar-refractivity contribution < 1.29 is 13.2 Å². The Balaban J connectivity index is 1.76. The van der Waals surface area contributed by atoms with E-state index in [1.165, 1.54) is 0 Å². The maximum Gasteiger partial charge on any atom is 0.243 e. The van der Waals surface area contributed by atoms with E-state index in [0.717, 1.165) is 22.6 Å². The van der Waals surface area contributed by atoms with Crippen LogP contribution in [0.25, 0.3) is 0 Å². The lowest BCUT2D eigenvalue weighted by atomic mass is 10.2. The van der Waals surface area contributed by atoms with Gasteiger partial charge in [0.05, 0.1) is 16.7 Å². The molecular formula is C21H28N2O3S. The molecule has 1 heterocycles. The van der Waals surface area contributed by atoms with Gasteiger partial charge in [-0.2, -0.15) is 4.31 Å². The number of nitrogens with zero attached hydrogens (tertiary/aromatic N) is 2. The van der Waals surface area contributed by atoms with Crippen LogP contribution in [-0.2, 0) is 10.0 Å². The smallest absolute Gasteiger partial charge is 0.243 e. The number of hydrogen-bond donors (Lipinski definition) is 0. The van der Waals surface area contributed by atoms with Gasteiger partial charge in [0.15, 0.2) is 0 Å². The molecule has 0 unspecified atom stereocenters. The first-order valence-corrected chi connectivity index (χ1v) is 10.8. The fourth-order valence-corrected chi connectivity index (χ4v) is 5.10. The second-order valence-corrected chi connectivity index (χ2v) is 9.20. The van der Waals surface area contributed by atoms with Gasteiger partial charge in [0.2, 0.25) is 10.0 Å². The first kappa shape index (κ1) is 19.7. The first-order chi connectivity index (χ1) is 12.8. The molecule has 2 aromatic carbocycles. The first-order valence-electron chi connectivity index (χ1n) is 9.37. The van der Waals surface area contributed by atoms with E-state index in [4.69, 9.17) is 4.74 Å². The van der Waals surface area contributed by atoms with Crippen LogP contribution in [0.5, 0.6) is 5.75 Å². The average molecular weight is 389 g/mol. The van der Waals surface area contributed by atoms with Crippen molar-refractivity contribution in [1.29, 1.82) is 0 Å². The van der Waals surface area contributed by atoms with Crippen LogP contribution in [0, 0.1) is 13.8 Å². The zero-order valence-electron chi connectivity index (χ0n) is 16.5. The van der Waals surface area contributed by atoms with E-state index in [1.807, 2.05) is 64.1 Å². The van der Waals surface area contributed by atoms with Gasteiger partial charge in [0.1, 0.15) is 5.75 Å². The third-order valence-corrected chi connectivity index (χ3v) is 6.81. The van der Waals surface area contributed by atoms with Gasteiger partial charge in [-0.15, -0.1) is 0 Å². The lowest BCUT2D eigenvalue weighted by Crippen LogP contribution is -2.48. The number of para-hydroxylation sites is 2. The summed E-state index contributed by atoms with van der Waals surface area (Å²) < 4.78 is 33.6. The second kappa shape index (κ2) is 7.90. The second-order valence-electron chi connectivity index (χ2n) is 7.29. The number of piperazine rings is 1. The monoisotopic (exact) mass is 388 g/mol. The minimum absolute atomic E-state index is 0.0947. The molecule has 27 heavy (non-hydrogen) atoms. The Morgan fingerprint density at radius 3 is 2.26 bits per heavy atom. The van der Waals surface area contributed by atoms with Crippen LogP contribution < -0.4 is 9.64 Å². The fraction of sp³-hybridized carbons (Fsp3) is 0.429. The van der Waals surface area contributed by atoms with Crippen molar-refractivity contribution in [2.24, 2.45) is 0 Å². The summed E-state index contributed by atoms with van der Waals surface area (Å²) >= 11 is 0. The Hall–Kier alpha value is -2.05. The Labute approximate surface area is 162 Å². The highest BCUT2D eigenvalue weighted by atomic mass is 32.2. The summed E-state index contributed by atoms with van der Waals surface area (Å²) in [6, 6.07) is 13.4. The van der Waals surface area contributed by atoms with Crippen LogP contribution in [0.1, 0.15) is 25.0 Å². The van der Waals surface area contributed by atoms with Crippen LogP contribution in [0.3, 0.4) is 0 Å². The number of sulfonamides is 1. The highest BCUT2D eigenvalue weighted by Gasteiger charge is 2.30. The van der Waals surface area contributed by atoms with Gasteiger partial charge in [-0.05, 0) is 51.5 Å². The van der Waals surface area contributed by atoms with Crippen LogP contribution in [-0.4, -0.2) is 45.0 Å². The quantitative estimate of drug-likeness (QED) is 0.785. The normalized spacial score (nSPS) is 16.0. The average Bonchev–Trinajstić information content (AvgIpc) is 2.61. The van der Waals surface area contributed by atoms with Gasteiger partial charge in [0, 0.05) is 26.2 Å². The summed E-state index contributed by atoms with van der Waals surface area (Å²) in [4.78, 5) is 2.61. The van der Waals surface area contributed by atoms with E-state index < -0.39 is 10.0 Å². The predicted molar refractivity (Wildman–Crippen MR) is 109 cm³/mol. The molecule has 0 spiro atoms. The van der Waals surface area contributed by atoms with Gasteiger partial charge in [-0.3, -0.25) is 0 Å². The van der Waals surface area contributed by atoms with Crippen molar-refractivity contribution in [1.82, 2.24) is 4.31 Å². The fourth-order valence-electron chi connectivity index (χ4n) is 3.47. The van der Waals surface area contributed by atoms with Gasteiger partial charge in [-0.25, -0.2) is 8.42 Å². The molecule has 0 bridgehead atoms. The standard InChI is InChI=1S/C21H28N2O3S/c1-16(2)26-20-8-6-5-7-19(20)22-11-13-23(14-12-22)27(24,25)21-10-9-17(3)15-18(21)4/h5-10,15-16H,11-14H2,1-4H3. The molecule has 146 valence electrons. The number of rotatable bonds is 5. The summed E-state index contributed by atoms with van der Waals surface area (Å²) in [5.41, 5.74) is 2.89. The van der Waals surface area contributed by atoms with Crippen molar-refractivity contribution in [2.75, 3.05) is 31.1 Å². The zero-order valence-corrected chi connectivity index (χ0v) is 17.3. The topological polar surface area (TPSA) is 49.9 Å². The molecule has 1 saturated heterocycles. The molecule has 0 aromatic heterocycles. The highest BCUT2D eigenvalue weighted by Crippen LogP contribution is 2.30. The zero-order chi connectivity index (χ0) is 19.6. The molecule has 6 heteroatoms. The van der Waals surface area contributed by atoms with E-state index >= 15 is 0 Å². The predicted octanol–water partition coefficient (Wildman–Crippen LogP) is 3.60. The molecule has 0 radical (unpaired) electrons. The molecule has 0 atom stereocenters. The van der Waals surface area contributed by atoms with Crippen LogP contribution in [0.4, 0.5) is 5.69 Å². The lowest BCUT2D eigenvalue weighted by molar-refractivity contribution is 0.242. The van der Waals surface area contributed by atoms with Gasteiger partial charge < -0.3 is 9.64 Å². The van der Waals surface area contributed by atoms with Gasteiger partial charge in [0.25, 0.3) is 0 Å². The van der Waals surface area contributed by atoms with Crippen molar-refractivity contribution >= 4 is 15.7 Å². The maximum atomic E-state index is 13.1. The summed E-state index contributed by atoms with van der Waals surface area (Å²) in [5.74, 6) is 0.846. The molecule has 1 fully saturated rings. The van der Waals surface area contributed by atoms with Crippen LogP contribution in [0.2, 0.25) is 0 Å². The van der Waals surface area contributed by atoms with E-state index in [1.54, 1.807) is 10.4 Å². The Morgan fingerprint density at radius 2 is 1.63 bits per heavy atom. The summed E-state index contributed by atoms with van der Waals surface area (Å²) in [6.07, 6.45) is 0.0947. The number of benzene rings is 2. The SMILES string of the molecule is Cc1ccc(S(=O)(=O)N2CCN(c3ccccc3OC(C)C)CC2)c(C)c1. The minimum atomic E-state index is -3.47. The number of aryl methyl sites for hydroxylation is 2. The molecule has 2 aromatic rings. The molecule has 1 aliphatic heterocycles. The van der Waals surface area contributed by atoms with Crippen molar-refractivity contribution in [2.45, 2.75) is 38.7 Å². The highest BCUT2D eigenvalue weighted by molar-refractivity contribution is 7.89. The molecule has 0 saturated carbocycles. The van der Waals surface area contributed by atoms with Crippen LogP contribution >= 0.6 is 0 Å². The molecule has 3 rings (SSSR count).